The lowest BCUT2D eigenvalue weighted by atomic mass is 9.88. The van der Waals surface area contributed by atoms with Crippen LogP contribution >= 0.6 is 11.8 Å². The van der Waals surface area contributed by atoms with Gasteiger partial charge in [0.1, 0.15) is 11.6 Å². The predicted molar refractivity (Wildman–Crippen MR) is 138 cm³/mol. The molecule has 1 amide bonds. The number of anilines is 1. The molecule has 1 aliphatic carbocycles. The molecule has 0 radical (unpaired) electrons. The van der Waals surface area contributed by atoms with Crippen LogP contribution in [0.4, 0.5) is 5.82 Å². The van der Waals surface area contributed by atoms with Gasteiger partial charge in [-0.05, 0) is 25.3 Å². The molecule has 1 aromatic heterocycles. The minimum atomic E-state index is 0.127. The van der Waals surface area contributed by atoms with Crippen molar-refractivity contribution in [2.24, 2.45) is 0 Å². The van der Waals surface area contributed by atoms with Gasteiger partial charge in [-0.2, -0.15) is 0 Å². The van der Waals surface area contributed by atoms with Crippen molar-refractivity contribution in [3.63, 3.8) is 0 Å². The Balaban J connectivity index is 1.57. The summed E-state index contributed by atoms with van der Waals surface area (Å²) in [6.07, 6.45) is 9.34. The van der Waals surface area contributed by atoms with Crippen molar-refractivity contribution in [1.82, 2.24) is 14.9 Å². The van der Waals surface area contributed by atoms with Gasteiger partial charge in [0.2, 0.25) is 5.91 Å². The number of nitrogens with zero attached hydrogens (tertiary/aromatic N) is 3. The molecule has 1 aromatic carbocycles. The molecule has 2 aliphatic rings. The Morgan fingerprint density at radius 2 is 2.00 bits per heavy atom. The second-order valence-corrected chi connectivity index (χ2v) is 10.2. The fraction of sp³-hybridized carbons (Fsp3) is 0.519. The average molecular weight is 481 g/mol. The molecule has 0 bridgehead atoms. The summed E-state index contributed by atoms with van der Waals surface area (Å²) in [5.74, 6) is 3.29. The SMILES string of the molecule is COCC/C(SCc1ccccc1)=C(\C)N1Cc2cnc(C3CCCCC3)nc2NCCC1=O. The van der Waals surface area contributed by atoms with Crippen molar-refractivity contribution in [2.75, 3.05) is 25.6 Å². The van der Waals surface area contributed by atoms with Gasteiger partial charge >= 0.3 is 0 Å². The highest BCUT2D eigenvalue weighted by atomic mass is 32.2. The van der Waals surface area contributed by atoms with Gasteiger partial charge in [-0.3, -0.25) is 4.79 Å². The van der Waals surface area contributed by atoms with Gasteiger partial charge in [-0.25, -0.2) is 9.97 Å². The van der Waals surface area contributed by atoms with E-state index in [-0.39, 0.29) is 5.91 Å². The van der Waals surface area contributed by atoms with Gasteiger partial charge in [0.15, 0.2) is 0 Å². The number of nitrogens with one attached hydrogen (secondary N) is 1. The summed E-state index contributed by atoms with van der Waals surface area (Å²) in [4.78, 5) is 25.9. The van der Waals surface area contributed by atoms with E-state index in [1.807, 2.05) is 17.2 Å². The molecule has 0 unspecified atom stereocenters. The highest BCUT2D eigenvalue weighted by Gasteiger charge is 2.25. The van der Waals surface area contributed by atoms with Crippen molar-refractivity contribution in [2.45, 2.75) is 70.1 Å². The van der Waals surface area contributed by atoms with Gasteiger partial charge in [-0.1, -0.05) is 49.6 Å². The van der Waals surface area contributed by atoms with Gasteiger partial charge < -0.3 is 15.0 Å². The third-order valence-electron chi connectivity index (χ3n) is 6.71. The Morgan fingerprint density at radius 3 is 2.76 bits per heavy atom. The predicted octanol–water partition coefficient (Wildman–Crippen LogP) is 5.87. The zero-order valence-electron chi connectivity index (χ0n) is 20.4. The first kappa shape index (κ1) is 24.7. The van der Waals surface area contributed by atoms with E-state index in [2.05, 4.69) is 36.5 Å². The molecule has 34 heavy (non-hydrogen) atoms. The summed E-state index contributed by atoms with van der Waals surface area (Å²) in [5.41, 5.74) is 3.26. The third-order valence-corrected chi connectivity index (χ3v) is 8.04. The number of carbonyl (C=O) groups is 1. The standard InChI is InChI=1S/C27H36N4O2S/c1-20(24(14-16-33-2)34-19-21-9-5-3-6-10-21)31-18-23-17-29-26(22-11-7-4-8-12-22)30-27(23)28-15-13-25(31)32/h3,5-6,9-10,17,22H,4,7-8,11-16,18-19H2,1-2H3,(H,28,29,30)/b24-20-. The maximum Gasteiger partial charge on any atom is 0.228 e. The summed E-state index contributed by atoms with van der Waals surface area (Å²) >= 11 is 1.79. The molecular weight excluding hydrogens is 444 g/mol. The molecule has 7 heteroatoms. The van der Waals surface area contributed by atoms with Crippen LogP contribution in [-0.4, -0.2) is 41.0 Å². The average Bonchev–Trinajstić information content (AvgIpc) is 2.87. The van der Waals surface area contributed by atoms with Gasteiger partial charge in [0, 0.05) is 60.5 Å². The maximum absolute atomic E-state index is 13.2. The maximum atomic E-state index is 13.2. The molecule has 182 valence electrons. The second-order valence-electron chi connectivity index (χ2n) is 9.12. The third kappa shape index (κ3) is 6.39. The number of thioether (sulfide) groups is 1. The molecule has 0 saturated heterocycles. The number of benzene rings is 1. The quantitative estimate of drug-likeness (QED) is 0.510. The number of hydrogen-bond acceptors (Lipinski definition) is 6. The second kappa shape index (κ2) is 12.4. The normalized spacial score (nSPS) is 17.9. The Hall–Kier alpha value is -2.38. The molecule has 1 saturated carbocycles. The first-order chi connectivity index (χ1) is 16.7. The number of hydrogen-bond donors (Lipinski definition) is 1. The summed E-state index contributed by atoms with van der Waals surface area (Å²) in [6, 6.07) is 10.4. The van der Waals surface area contributed by atoms with Gasteiger partial charge in [-0.15, -0.1) is 11.8 Å². The molecule has 1 aliphatic heterocycles. The van der Waals surface area contributed by atoms with Gasteiger partial charge in [0.05, 0.1) is 13.2 Å². The minimum Gasteiger partial charge on any atom is -0.384 e. The number of ether oxygens (including phenoxy) is 1. The Bertz CT molecular complexity index is 989. The topological polar surface area (TPSA) is 67.3 Å². The van der Waals surface area contributed by atoms with Crippen LogP contribution in [0.15, 0.2) is 47.1 Å². The van der Waals surface area contributed by atoms with Crippen LogP contribution < -0.4 is 5.32 Å². The Labute approximate surface area is 207 Å². The number of methoxy groups -OCH3 is 1. The van der Waals surface area contributed by atoms with Crippen LogP contribution in [-0.2, 0) is 21.8 Å². The van der Waals surface area contributed by atoms with Crippen LogP contribution in [0.2, 0.25) is 0 Å². The monoisotopic (exact) mass is 480 g/mol. The number of aromatic nitrogens is 2. The van der Waals surface area contributed by atoms with Crippen molar-refractivity contribution >= 4 is 23.5 Å². The molecule has 1 N–H and O–H groups in total. The van der Waals surface area contributed by atoms with E-state index in [0.29, 0.717) is 32.0 Å². The number of fused-ring (bicyclic) bond motifs is 1. The number of rotatable bonds is 8. The van der Waals surface area contributed by atoms with E-state index >= 15 is 0 Å². The molecule has 0 spiro atoms. The van der Waals surface area contributed by atoms with Crippen molar-refractivity contribution in [3.8, 4) is 0 Å². The van der Waals surface area contributed by atoms with Crippen molar-refractivity contribution in [1.29, 1.82) is 0 Å². The van der Waals surface area contributed by atoms with E-state index in [9.17, 15) is 4.79 Å². The molecule has 2 aromatic rings. The van der Waals surface area contributed by atoms with Crippen LogP contribution in [0.5, 0.6) is 0 Å². The molecule has 6 nitrogen and oxygen atoms in total. The molecule has 4 rings (SSSR count). The number of amides is 1. The van der Waals surface area contributed by atoms with E-state index in [1.54, 1.807) is 18.9 Å². The van der Waals surface area contributed by atoms with Crippen molar-refractivity contribution in [3.05, 3.63) is 64.1 Å². The highest BCUT2D eigenvalue weighted by Crippen LogP contribution is 2.33. The Morgan fingerprint density at radius 1 is 1.21 bits per heavy atom. The van der Waals surface area contributed by atoms with Crippen molar-refractivity contribution < 1.29 is 9.53 Å². The van der Waals surface area contributed by atoms with Crippen LogP contribution in [0.1, 0.15) is 74.7 Å². The molecule has 1 fully saturated rings. The van der Waals surface area contributed by atoms with Crippen LogP contribution in [0.3, 0.4) is 0 Å². The zero-order valence-corrected chi connectivity index (χ0v) is 21.2. The molecule has 2 heterocycles. The summed E-state index contributed by atoms with van der Waals surface area (Å²) in [5, 5.41) is 3.40. The van der Waals surface area contributed by atoms with E-state index in [0.717, 1.165) is 35.1 Å². The first-order valence-electron chi connectivity index (χ1n) is 12.4. The Kier molecular flexibility index (Phi) is 8.99. The summed E-state index contributed by atoms with van der Waals surface area (Å²) < 4.78 is 5.38. The van der Waals surface area contributed by atoms with Gasteiger partial charge in [0.25, 0.3) is 0 Å². The number of carbonyl (C=O) groups excluding carboxylic acids is 1. The smallest absolute Gasteiger partial charge is 0.228 e. The van der Waals surface area contributed by atoms with E-state index in [4.69, 9.17) is 14.7 Å². The number of allylic oxidation sites excluding steroid dienone is 1. The van der Waals surface area contributed by atoms with Crippen LogP contribution in [0, 0.1) is 0 Å². The first-order valence-corrected chi connectivity index (χ1v) is 13.4. The minimum absolute atomic E-state index is 0.127. The fourth-order valence-electron chi connectivity index (χ4n) is 4.68. The largest absolute Gasteiger partial charge is 0.384 e. The summed E-state index contributed by atoms with van der Waals surface area (Å²) in [6.45, 7) is 3.76. The zero-order chi connectivity index (χ0) is 23.8. The van der Waals surface area contributed by atoms with E-state index in [1.165, 1.54) is 42.6 Å². The van der Waals surface area contributed by atoms with E-state index < -0.39 is 0 Å². The van der Waals surface area contributed by atoms with Crippen LogP contribution in [0.25, 0.3) is 0 Å². The highest BCUT2D eigenvalue weighted by molar-refractivity contribution is 8.02. The lowest BCUT2D eigenvalue weighted by Crippen LogP contribution is -2.33. The lowest BCUT2D eigenvalue weighted by Gasteiger charge is -2.29. The summed E-state index contributed by atoms with van der Waals surface area (Å²) in [7, 11) is 1.72. The fourth-order valence-corrected chi connectivity index (χ4v) is 5.76. The lowest BCUT2D eigenvalue weighted by molar-refractivity contribution is -0.129. The molecular formula is C27H36N4O2S. The molecule has 0 atom stereocenters.